The lowest BCUT2D eigenvalue weighted by Gasteiger charge is -2.41. The molecule has 0 heterocycles. The lowest BCUT2D eigenvalue weighted by Crippen LogP contribution is -2.38. The van der Waals surface area contributed by atoms with Crippen molar-refractivity contribution in [1.82, 2.24) is 9.21 Å². The van der Waals surface area contributed by atoms with Gasteiger partial charge in [0, 0.05) is 28.2 Å². The first-order valence-corrected chi connectivity index (χ1v) is 6.68. The number of hydrogen-bond acceptors (Lipinski definition) is 1. The van der Waals surface area contributed by atoms with Crippen molar-refractivity contribution in [2.75, 3.05) is 47.0 Å². The fraction of sp³-hybridized carbons (Fsp3) is 0.875. The van der Waals surface area contributed by atoms with Gasteiger partial charge >= 0.3 is 0 Å². The smallest absolute Gasteiger partial charge is 0.204 e. The summed E-state index contributed by atoms with van der Waals surface area (Å²) in [6.07, 6.45) is 6.76. The van der Waals surface area contributed by atoms with Gasteiger partial charge in [-0.3, -0.25) is 4.99 Å². The van der Waals surface area contributed by atoms with Gasteiger partial charge in [0.25, 0.3) is 0 Å². The SMILES string of the molecule is CN=C(N(C)C)N(C)S(C)(C)C. The lowest BCUT2D eigenvalue weighted by molar-refractivity contribution is 0.548. The van der Waals surface area contributed by atoms with E-state index in [-0.39, 0.29) is 0 Å². The average Bonchev–Trinajstić information content (AvgIpc) is 1.86. The first-order valence-electron chi connectivity index (χ1n) is 3.87. The molecule has 0 atom stereocenters. The van der Waals surface area contributed by atoms with E-state index in [4.69, 9.17) is 0 Å². The van der Waals surface area contributed by atoms with Gasteiger partial charge in [-0.1, -0.05) is 0 Å². The van der Waals surface area contributed by atoms with Crippen molar-refractivity contribution in [3.05, 3.63) is 0 Å². The fourth-order valence-corrected chi connectivity index (χ4v) is 1.60. The third kappa shape index (κ3) is 2.93. The summed E-state index contributed by atoms with van der Waals surface area (Å²) in [5.74, 6) is 1.04. The molecule has 0 aliphatic carbocycles. The molecule has 0 aromatic carbocycles. The van der Waals surface area contributed by atoms with E-state index in [9.17, 15) is 0 Å². The largest absolute Gasteiger partial charge is 0.348 e. The number of aliphatic imine (C=N–C) groups is 1. The Labute approximate surface area is 77.9 Å². The van der Waals surface area contributed by atoms with E-state index in [0.29, 0.717) is 0 Å². The van der Waals surface area contributed by atoms with Crippen LogP contribution in [0, 0.1) is 0 Å². The molecule has 12 heavy (non-hydrogen) atoms. The molecule has 0 saturated heterocycles. The number of hydrogen-bond donors (Lipinski definition) is 0. The summed E-state index contributed by atoms with van der Waals surface area (Å²) in [6.45, 7) is 0. The maximum atomic E-state index is 4.24. The molecule has 0 aliphatic rings. The normalized spacial score (nSPS) is 14.4. The molecule has 0 bridgehead atoms. The maximum Gasteiger partial charge on any atom is 0.204 e. The minimum absolute atomic E-state index is 0.698. The average molecular weight is 191 g/mol. The zero-order valence-corrected chi connectivity index (χ0v) is 10.1. The van der Waals surface area contributed by atoms with Crippen molar-refractivity contribution in [2.24, 2.45) is 4.99 Å². The highest BCUT2D eigenvalue weighted by Gasteiger charge is 2.16. The first-order chi connectivity index (χ1) is 5.30. The third-order valence-corrected chi connectivity index (χ3v) is 3.51. The van der Waals surface area contributed by atoms with Crippen molar-refractivity contribution in [3.8, 4) is 0 Å². The maximum absolute atomic E-state index is 4.24. The van der Waals surface area contributed by atoms with Gasteiger partial charge in [0.15, 0.2) is 0 Å². The second-order valence-electron chi connectivity index (χ2n) is 3.69. The molecule has 0 N–H and O–H groups in total. The molecular formula is C8H21N3S. The summed E-state index contributed by atoms with van der Waals surface area (Å²) in [4.78, 5) is 6.28. The van der Waals surface area contributed by atoms with Gasteiger partial charge in [-0.2, -0.15) is 10.2 Å². The van der Waals surface area contributed by atoms with Crippen molar-refractivity contribution in [2.45, 2.75) is 0 Å². The molecule has 0 amide bonds. The van der Waals surface area contributed by atoms with Crippen LogP contribution in [-0.4, -0.2) is 62.1 Å². The second-order valence-corrected chi connectivity index (χ2v) is 7.78. The van der Waals surface area contributed by atoms with E-state index in [1.165, 1.54) is 0 Å². The Morgan fingerprint density at radius 1 is 1.08 bits per heavy atom. The van der Waals surface area contributed by atoms with Crippen LogP contribution in [0.3, 0.4) is 0 Å². The zero-order chi connectivity index (χ0) is 9.94. The zero-order valence-electron chi connectivity index (χ0n) is 9.25. The number of nitrogens with zero attached hydrogens (tertiary/aromatic N) is 3. The van der Waals surface area contributed by atoms with Crippen LogP contribution in [0.25, 0.3) is 0 Å². The molecule has 4 heteroatoms. The Kier molecular flexibility index (Phi) is 3.90. The number of rotatable bonds is 1. The van der Waals surface area contributed by atoms with Crippen LogP contribution < -0.4 is 0 Å². The highest BCUT2D eigenvalue weighted by atomic mass is 32.3. The van der Waals surface area contributed by atoms with Crippen LogP contribution in [0.2, 0.25) is 0 Å². The van der Waals surface area contributed by atoms with Crippen LogP contribution in [0.5, 0.6) is 0 Å². The van der Waals surface area contributed by atoms with Crippen LogP contribution in [0.1, 0.15) is 0 Å². The summed E-state index contributed by atoms with van der Waals surface area (Å²) in [5.41, 5.74) is 0. The van der Waals surface area contributed by atoms with Crippen LogP contribution in [-0.2, 0) is 0 Å². The van der Waals surface area contributed by atoms with Crippen molar-refractivity contribution in [1.29, 1.82) is 0 Å². The molecule has 0 aliphatic heterocycles. The summed E-state index contributed by atoms with van der Waals surface area (Å²) in [5, 5.41) is 0. The molecule has 3 nitrogen and oxygen atoms in total. The molecule has 0 rings (SSSR count). The quantitative estimate of drug-likeness (QED) is 0.456. The van der Waals surface area contributed by atoms with E-state index < -0.39 is 10.2 Å². The first kappa shape index (κ1) is 11.6. The van der Waals surface area contributed by atoms with Gasteiger partial charge in [-0.15, -0.1) is 0 Å². The highest BCUT2D eigenvalue weighted by molar-refractivity contribution is 8.30. The van der Waals surface area contributed by atoms with Crippen LogP contribution in [0.4, 0.5) is 0 Å². The molecule has 74 valence electrons. The lowest BCUT2D eigenvalue weighted by atomic mass is 10.8. The van der Waals surface area contributed by atoms with Gasteiger partial charge in [-0.05, 0) is 18.8 Å². The minimum atomic E-state index is -0.698. The molecule has 0 aromatic heterocycles. The summed E-state index contributed by atoms with van der Waals surface area (Å²) >= 11 is 0. The summed E-state index contributed by atoms with van der Waals surface area (Å²) in [6, 6.07) is 0. The van der Waals surface area contributed by atoms with Gasteiger partial charge in [-0.25, -0.2) is 0 Å². The standard InChI is InChI=1S/C8H21N3S/c1-9-8(10(2)3)11(4)12(5,6)7/h1-7H3. The Hall–Kier alpha value is -0.380. The highest BCUT2D eigenvalue weighted by Crippen LogP contribution is 2.38. The van der Waals surface area contributed by atoms with Gasteiger partial charge in [0.05, 0.1) is 0 Å². The Bertz CT molecular complexity index is 170. The minimum Gasteiger partial charge on any atom is -0.348 e. The summed E-state index contributed by atoms with van der Waals surface area (Å²) in [7, 11) is 7.26. The predicted molar refractivity (Wildman–Crippen MR) is 60.2 cm³/mol. The molecule has 0 saturated carbocycles. The predicted octanol–water partition coefficient (Wildman–Crippen LogP) is 1.07. The Morgan fingerprint density at radius 2 is 1.50 bits per heavy atom. The van der Waals surface area contributed by atoms with Gasteiger partial charge in [0.2, 0.25) is 5.96 Å². The molecule has 0 radical (unpaired) electrons. The van der Waals surface area contributed by atoms with Crippen LogP contribution in [0.15, 0.2) is 4.99 Å². The summed E-state index contributed by atoms with van der Waals surface area (Å²) < 4.78 is 2.24. The van der Waals surface area contributed by atoms with Gasteiger partial charge < -0.3 is 9.21 Å². The topological polar surface area (TPSA) is 18.8 Å². The van der Waals surface area contributed by atoms with E-state index >= 15 is 0 Å². The van der Waals surface area contributed by atoms with Crippen molar-refractivity contribution in [3.63, 3.8) is 0 Å². The molecular weight excluding hydrogens is 170 g/mol. The second kappa shape index (κ2) is 4.03. The molecule has 0 unspecified atom stereocenters. The Morgan fingerprint density at radius 3 is 1.58 bits per heavy atom. The fourth-order valence-electron chi connectivity index (χ4n) is 0.867. The monoisotopic (exact) mass is 191 g/mol. The third-order valence-electron chi connectivity index (χ3n) is 1.70. The van der Waals surface area contributed by atoms with Crippen molar-refractivity contribution < 1.29 is 0 Å². The van der Waals surface area contributed by atoms with E-state index in [1.54, 1.807) is 0 Å². The van der Waals surface area contributed by atoms with Crippen LogP contribution >= 0.6 is 10.2 Å². The van der Waals surface area contributed by atoms with Gasteiger partial charge in [0.1, 0.15) is 0 Å². The molecule has 0 aromatic rings. The van der Waals surface area contributed by atoms with Crippen molar-refractivity contribution >= 4 is 16.2 Å². The van der Waals surface area contributed by atoms with E-state index in [1.807, 2.05) is 26.0 Å². The molecule has 0 spiro atoms. The molecule has 0 fully saturated rings. The van der Waals surface area contributed by atoms with E-state index in [0.717, 1.165) is 5.96 Å². The van der Waals surface area contributed by atoms with E-state index in [2.05, 4.69) is 35.1 Å². The number of guanidine groups is 1. The Balaban J connectivity index is 4.56.